The van der Waals surface area contributed by atoms with Crippen molar-refractivity contribution in [3.63, 3.8) is 0 Å². The number of carbonyl (C=O) groups is 2. The molecule has 3 rings (SSSR count). The van der Waals surface area contributed by atoms with Crippen molar-refractivity contribution < 1.29 is 19.2 Å². The van der Waals surface area contributed by atoms with Crippen LogP contribution in [0.15, 0.2) is 60.0 Å². The normalized spacial score (nSPS) is 10.8. The Morgan fingerprint density at radius 1 is 1.23 bits per heavy atom. The van der Waals surface area contributed by atoms with Gasteiger partial charge in [0.1, 0.15) is 10.6 Å². The summed E-state index contributed by atoms with van der Waals surface area (Å²) in [7, 11) is 0. The number of nitro benzene ring substituents is 1. The Morgan fingerprint density at radius 3 is 2.71 bits per heavy atom. The second-order valence-corrected chi connectivity index (χ2v) is 7.58. The molecule has 158 valence electrons. The predicted octanol–water partition coefficient (Wildman–Crippen LogP) is 5.81. The summed E-state index contributed by atoms with van der Waals surface area (Å²) < 4.78 is 5.14. The number of rotatable bonds is 7. The van der Waals surface area contributed by atoms with E-state index in [9.17, 15) is 19.7 Å². The zero-order chi connectivity index (χ0) is 22.4. The Hall–Kier alpha value is -3.49. The van der Waals surface area contributed by atoms with Crippen molar-refractivity contribution in [3.05, 3.63) is 86.3 Å². The lowest BCUT2D eigenvalue weighted by Crippen LogP contribution is -2.12. The molecule has 9 heteroatoms. The Bertz CT molecular complexity index is 1170. The van der Waals surface area contributed by atoms with Crippen molar-refractivity contribution in [2.75, 3.05) is 11.9 Å². The van der Waals surface area contributed by atoms with Gasteiger partial charge in [-0.2, -0.15) is 0 Å². The zero-order valence-electron chi connectivity index (χ0n) is 16.3. The van der Waals surface area contributed by atoms with Gasteiger partial charge in [-0.3, -0.25) is 14.9 Å². The molecular weight excluding hydrogens is 440 g/mol. The highest BCUT2D eigenvalue weighted by atomic mass is 35.5. The first kappa shape index (κ1) is 22.2. The fourth-order valence-corrected chi connectivity index (χ4v) is 3.95. The van der Waals surface area contributed by atoms with E-state index >= 15 is 0 Å². The van der Waals surface area contributed by atoms with Crippen molar-refractivity contribution in [1.82, 2.24) is 0 Å². The summed E-state index contributed by atoms with van der Waals surface area (Å²) in [4.78, 5) is 35.6. The summed E-state index contributed by atoms with van der Waals surface area (Å²) in [5, 5.41) is 16.3. The first-order chi connectivity index (χ1) is 14.9. The molecule has 0 saturated carbocycles. The molecule has 0 aliphatic rings. The van der Waals surface area contributed by atoms with Crippen LogP contribution in [0.4, 0.5) is 10.7 Å². The number of anilines is 1. The molecule has 2 aromatic carbocycles. The molecule has 0 unspecified atom stereocenters. The third-order valence-corrected chi connectivity index (χ3v) is 5.28. The molecule has 1 aromatic heterocycles. The number of hydrogen-bond acceptors (Lipinski definition) is 6. The van der Waals surface area contributed by atoms with Crippen LogP contribution in [0.3, 0.4) is 0 Å². The lowest BCUT2D eigenvalue weighted by Gasteiger charge is -2.08. The number of esters is 1. The summed E-state index contributed by atoms with van der Waals surface area (Å²) in [6.45, 7) is 1.81. The van der Waals surface area contributed by atoms with Gasteiger partial charge >= 0.3 is 5.97 Å². The van der Waals surface area contributed by atoms with Crippen LogP contribution in [0.2, 0.25) is 5.02 Å². The highest BCUT2D eigenvalue weighted by molar-refractivity contribution is 7.15. The smallest absolute Gasteiger partial charge is 0.341 e. The van der Waals surface area contributed by atoms with Crippen LogP contribution in [0.5, 0.6) is 0 Å². The van der Waals surface area contributed by atoms with Crippen molar-refractivity contribution in [2.24, 2.45) is 0 Å². The molecule has 0 atom stereocenters. The standard InChI is InChI=1S/C22H17ClN2O5S/c1-2-30-22(27)20-18(15-6-4-8-17(12-15)25(28)29)13-31-21(20)24-19(26)10-9-14-5-3-7-16(23)11-14/h3-13H,2H2,1H3,(H,24,26). The van der Waals surface area contributed by atoms with E-state index in [4.69, 9.17) is 16.3 Å². The van der Waals surface area contributed by atoms with E-state index in [1.807, 2.05) is 0 Å². The fourth-order valence-electron chi connectivity index (χ4n) is 2.79. The summed E-state index contributed by atoms with van der Waals surface area (Å²) in [5.74, 6) is -1.07. The largest absolute Gasteiger partial charge is 0.462 e. The number of ether oxygens (including phenoxy) is 1. The molecule has 0 aliphatic heterocycles. The summed E-state index contributed by atoms with van der Waals surface area (Å²) in [5.41, 5.74) is 1.71. The lowest BCUT2D eigenvalue weighted by molar-refractivity contribution is -0.384. The number of non-ortho nitro benzene ring substituents is 1. The summed E-state index contributed by atoms with van der Waals surface area (Å²) in [6.07, 6.45) is 2.92. The van der Waals surface area contributed by atoms with E-state index in [1.54, 1.807) is 48.7 Å². The average Bonchev–Trinajstić information content (AvgIpc) is 3.16. The van der Waals surface area contributed by atoms with E-state index in [0.717, 1.165) is 16.9 Å². The van der Waals surface area contributed by atoms with E-state index in [0.29, 0.717) is 21.2 Å². The summed E-state index contributed by atoms with van der Waals surface area (Å²) >= 11 is 7.07. The number of hydrogen-bond donors (Lipinski definition) is 1. The Labute approximate surface area is 187 Å². The molecule has 0 radical (unpaired) electrons. The molecular formula is C22H17ClN2O5S. The molecule has 7 nitrogen and oxygen atoms in total. The Kier molecular flexibility index (Phi) is 7.17. The van der Waals surface area contributed by atoms with Gasteiger partial charge in [-0.25, -0.2) is 4.79 Å². The maximum absolute atomic E-state index is 12.6. The quantitative estimate of drug-likeness (QED) is 0.209. The zero-order valence-corrected chi connectivity index (χ0v) is 17.9. The van der Waals surface area contributed by atoms with Crippen molar-refractivity contribution in [3.8, 4) is 11.1 Å². The first-order valence-electron chi connectivity index (χ1n) is 9.17. The van der Waals surface area contributed by atoms with Gasteiger partial charge in [-0.05, 0) is 36.3 Å². The minimum atomic E-state index is -0.626. The second-order valence-electron chi connectivity index (χ2n) is 6.26. The van der Waals surface area contributed by atoms with Gasteiger partial charge in [0, 0.05) is 34.2 Å². The molecule has 0 bridgehead atoms. The molecule has 1 amide bonds. The third kappa shape index (κ3) is 5.56. The molecule has 0 saturated heterocycles. The topological polar surface area (TPSA) is 98.5 Å². The molecule has 1 heterocycles. The molecule has 0 aliphatic carbocycles. The number of nitrogens with zero attached hydrogens (tertiary/aromatic N) is 1. The van der Waals surface area contributed by atoms with E-state index < -0.39 is 16.8 Å². The number of nitro groups is 1. The molecule has 3 aromatic rings. The Morgan fingerprint density at radius 2 is 2.00 bits per heavy atom. The number of carbonyl (C=O) groups excluding carboxylic acids is 2. The van der Waals surface area contributed by atoms with Crippen molar-refractivity contribution in [2.45, 2.75) is 6.92 Å². The SMILES string of the molecule is CCOC(=O)c1c(-c2cccc([N+](=O)[O-])c2)csc1NC(=O)C=Cc1cccc(Cl)c1. The maximum atomic E-state index is 12.6. The number of halogens is 1. The fraction of sp³-hybridized carbons (Fsp3) is 0.0909. The van der Waals surface area contributed by atoms with E-state index in [-0.39, 0.29) is 17.9 Å². The minimum absolute atomic E-state index is 0.103. The van der Waals surface area contributed by atoms with Gasteiger partial charge in [0.05, 0.1) is 11.5 Å². The van der Waals surface area contributed by atoms with Gasteiger partial charge in [0.25, 0.3) is 5.69 Å². The number of thiophene rings is 1. The highest BCUT2D eigenvalue weighted by Crippen LogP contribution is 2.37. The average molecular weight is 457 g/mol. The third-order valence-electron chi connectivity index (χ3n) is 4.15. The maximum Gasteiger partial charge on any atom is 0.341 e. The van der Waals surface area contributed by atoms with Gasteiger partial charge in [0.15, 0.2) is 0 Å². The monoisotopic (exact) mass is 456 g/mol. The predicted molar refractivity (Wildman–Crippen MR) is 121 cm³/mol. The van der Waals surface area contributed by atoms with Crippen LogP contribution >= 0.6 is 22.9 Å². The van der Waals surface area contributed by atoms with Crippen LogP contribution in [-0.2, 0) is 9.53 Å². The van der Waals surface area contributed by atoms with Gasteiger partial charge in [0.2, 0.25) is 5.91 Å². The Balaban J connectivity index is 1.91. The molecule has 1 N–H and O–H groups in total. The first-order valence-corrected chi connectivity index (χ1v) is 10.4. The molecule has 0 fully saturated rings. The summed E-state index contributed by atoms with van der Waals surface area (Å²) in [6, 6.07) is 12.9. The minimum Gasteiger partial charge on any atom is -0.462 e. The number of benzene rings is 2. The van der Waals surface area contributed by atoms with Crippen LogP contribution in [0.25, 0.3) is 17.2 Å². The van der Waals surface area contributed by atoms with Gasteiger partial charge in [-0.15, -0.1) is 11.3 Å². The van der Waals surface area contributed by atoms with Crippen LogP contribution in [-0.4, -0.2) is 23.4 Å². The second kappa shape index (κ2) is 10.0. The van der Waals surface area contributed by atoms with Crippen LogP contribution < -0.4 is 5.32 Å². The highest BCUT2D eigenvalue weighted by Gasteiger charge is 2.23. The van der Waals surface area contributed by atoms with Crippen LogP contribution in [0, 0.1) is 10.1 Å². The van der Waals surface area contributed by atoms with Crippen molar-refractivity contribution in [1.29, 1.82) is 0 Å². The van der Waals surface area contributed by atoms with Gasteiger partial charge in [-0.1, -0.05) is 35.9 Å². The van der Waals surface area contributed by atoms with E-state index in [1.165, 1.54) is 24.3 Å². The lowest BCUT2D eigenvalue weighted by atomic mass is 10.0. The molecule has 0 spiro atoms. The van der Waals surface area contributed by atoms with E-state index in [2.05, 4.69) is 5.32 Å². The molecule has 31 heavy (non-hydrogen) atoms. The number of nitrogens with one attached hydrogen (secondary N) is 1. The number of amides is 1. The van der Waals surface area contributed by atoms with Gasteiger partial charge < -0.3 is 10.1 Å². The van der Waals surface area contributed by atoms with Crippen LogP contribution in [0.1, 0.15) is 22.8 Å². The van der Waals surface area contributed by atoms with Crippen molar-refractivity contribution >= 4 is 51.6 Å².